The molecule has 11 aromatic rings. The van der Waals surface area contributed by atoms with E-state index in [2.05, 4.69) is 192 Å². The number of aromatic nitrogens is 2. The quantitative estimate of drug-likeness (QED) is 0.179. The van der Waals surface area contributed by atoms with Crippen LogP contribution in [0.25, 0.3) is 115 Å². The minimum Gasteiger partial charge on any atom is -0.309 e. The largest absolute Gasteiger partial charge is 0.309 e. The Hall–Kier alpha value is -7.29. The highest BCUT2D eigenvalue weighted by molar-refractivity contribution is 6.29. The summed E-state index contributed by atoms with van der Waals surface area (Å²) in [4.78, 5) is 4.56. The molecule has 0 saturated carbocycles. The van der Waals surface area contributed by atoms with Gasteiger partial charge in [-0.1, -0.05) is 152 Å². The number of fused-ring (bicyclic) bond motifs is 9. The maximum Gasteiger partial charge on any atom is 0.0634 e. The molecule has 1 aliphatic rings. The number of nitrogens with zero attached hydrogens (tertiary/aromatic N) is 2. The van der Waals surface area contributed by atoms with Gasteiger partial charge in [0.1, 0.15) is 0 Å². The number of para-hydroxylation sites is 1. The molecule has 2 heteroatoms. The summed E-state index contributed by atoms with van der Waals surface area (Å²) in [6.45, 7) is 0. The van der Waals surface area contributed by atoms with Gasteiger partial charge in [-0.25, -0.2) is 0 Å². The highest BCUT2D eigenvalue weighted by atomic mass is 15.0. The highest BCUT2D eigenvalue weighted by Gasteiger charge is 2.31. The number of pyridine rings is 1. The second-order valence-electron chi connectivity index (χ2n) is 14.6. The molecule has 2 aromatic heterocycles. The molecule has 0 atom stereocenters. The average Bonchev–Trinajstić information content (AvgIpc) is 3.77. The van der Waals surface area contributed by atoms with Crippen molar-refractivity contribution in [3.8, 4) is 61.3 Å². The zero-order valence-corrected chi connectivity index (χ0v) is 29.9. The zero-order chi connectivity index (χ0) is 36.0. The van der Waals surface area contributed by atoms with E-state index in [4.69, 9.17) is 0 Å². The Morgan fingerprint density at radius 3 is 1.69 bits per heavy atom. The topological polar surface area (TPSA) is 17.8 Å². The van der Waals surface area contributed by atoms with E-state index < -0.39 is 0 Å². The molecule has 0 aliphatic heterocycles. The van der Waals surface area contributed by atoms with Gasteiger partial charge in [0.25, 0.3) is 0 Å². The molecule has 9 aromatic carbocycles. The van der Waals surface area contributed by atoms with Gasteiger partial charge >= 0.3 is 0 Å². The van der Waals surface area contributed by atoms with E-state index in [0.717, 1.165) is 11.1 Å². The third-order valence-corrected chi connectivity index (χ3v) is 11.8. The first-order chi connectivity index (χ1) is 27.3. The van der Waals surface area contributed by atoms with E-state index in [1.54, 1.807) is 0 Å². The second kappa shape index (κ2) is 11.6. The molecule has 0 N–H and O–H groups in total. The summed E-state index contributed by atoms with van der Waals surface area (Å²) in [6, 6.07) is 66.9. The molecule has 0 bridgehead atoms. The summed E-state index contributed by atoms with van der Waals surface area (Å²) in [6.07, 6.45) is 3.89. The standard InChI is InChI=1S/C53H32N2/c1-4-13-34(14-5-1)48-40-19-10-11-20-41(40)49(35-15-6-2-7-16-35)52-44-27-26-38(39-21-12-22-43(50(39)44)51(48)52)36-24-28-47-45(31-36)42-25-23-33-29-30-54-32-46(33)53(42)55(47)37-17-8-3-9-18-37/h1-32H. The lowest BCUT2D eigenvalue weighted by molar-refractivity contribution is 1.18. The van der Waals surface area contributed by atoms with Crippen molar-refractivity contribution < 1.29 is 0 Å². The first-order valence-electron chi connectivity index (χ1n) is 19.0. The van der Waals surface area contributed by atoms with Gasteiger partial charge in [-0.15, -0.1) is 0 Å². The first kappa shape index (κ1) is 30.2. The van der Waals surface area contributed by atoms with Crippen molar-refractivity contribution in [2.45, 2.75) is 0 Å². The summed E-state index contributed by atoms with van der Waals surface area (Å²) < 4.78 is 2.41. The number of hydrogen-bond donors (Lipinski definition) is 0. The predicted molar refractivity (Wildman–Crippen MR) is 232 cm³/mol. The van der Waals surface area contributed by atoms with Crippen molar-refractivity contribution in [1.82, 2.24) is 9.55 Å². The average molecular weight is 697 g/mol. The van der Waals surface area contributed by atoms with Crippen LogP contribution in [0.15, 0.2) is 194 Å². The van der Waals surface area contributed by atoms with Gasteiger partial charge in [0.05, 0.1) is 11.0 Å². The van der Waals surface area contributed by atoms with Gasteiger partial charge in [0, 0.05) is 34.2 Å². The molecule has 55 heavy (non-hydrogen) atoms. The van der Waals surface area contributed by atoms with Crippen molar-refractivity contribution in [2.75, 3.05) is 0 Å². The predicted octanol–water partition coefficient (Wildman–Crippen LogP) is 14.3. The normalized spacial score (nSPS) is 12.0. The minimum absolute atomic E-state index is 1.14. The Morgan fingerprint density at radius 1 is 0.364 bits per heavy atom. The van der Waals surface area contributed by atoms with E-state index in [1.807, 2.05) is 12.4 Å². The van der Waals surface area contributed by atoms with Crippen molar-refractivity contribution in [3.63, 3.8) is 0 Å². The zero-order valence-electron chi connectivity index (χ0n) is 29.9. The molecule has 0 spiro atoms. The number of benzene rings is 9. The number of hydrogen-bond acceptors (Lipinski definition) is 1. The molecule has 0 saturated heterocycles. The molecule has 0 amide bonds. The molecule has 0 fully saturated rings. The number of rotatable bonds is 4. The summed E-state index contributed by atoms with van der Waals surface area (Å²) in [5.74, 6) is 0. The Balaban J connectivity index is 1.16. The van der Waals surface area contributed by atoms with E-state index in [-0.39, 0.29) is 0 Å². The Labute approximate surface area is 318 Å². The van der Waals surface area contributed by atoms with E-state index >= 15 is 0 Å². The van der Waals surface area contributed by atoms with Crippen LogP contribution in [0, 0.1) is 0 Å². The van der Waals surface area contributed by atoms with Gasteiger partial charge in [-0.05, 0) is 113 Å². The SMILES string of the molecule is c1ccc(-c2c3c(c(-c4ccccc4)c4ccccc24)-c2ccc(-c4ccc5c(c4)c4ccc6ccncc6c4n5-c4ccccc4)c4cccc-3c24)cc1. The Morgan fingerprint density at radius 2 is 0.982 bits per heavy atom. The van der Waals surface area contributed by atoms with Gasteiger partial charge in [0.15, 0.2) is 0 Å². The van der Waals surface area contributed by atoms with Crippen LogP contribution < -0.4 is 0 Å². The monoisotopic (exact) mass is 696 g/mol. The third kappa shape index (κ3) is 4.28. The molecule has 12 rings (SSSR count). The first-order valence-corrected chi connectivity index (χ1v) is 19.0. The Bertz CT molecular complexity index is 3250. The molecule has 254 valence electrons. The summed E-state index contributed by atoms with van der Waals surface area (Å²) in [7, 11) is 0. The fourth-order valence-electron chi connectivity index (χ4n) is 9.55. The van der Waals surface area contributed by atoms with Crippen LogP contribution in [0.1, 0.15) is 0 Å². The molecule has 1 aliphatic carbocycles. The van der Waals surface area contributed by atoms with Crippen molar-refractivity contribution in [3.05, 3.63) is 194 Å². The van der Waals surface area contributed by atoms with Crippen LogP contribution in [0.4, 0.5) is 0 Å². The molecular formula is C53H32N2. The second-order valence-corrected chi connectivity index (χ2v) is 14.6. The fourth-order valence-corrected chi connectivity index (χ4v) is 9.55. The maximum absolute atomic E-state index is 4.56. The molecule has 0 unspecified atom stereocenters. The van der Waals surface area contributed by atoms with E-state index in [1.165, 1.54) is 104 Å². The van der Waals surface area contributed by atoms with E-state index in [0.29, 0.717) is 0 Å². The van der Waals surface area contributed by atoms with E-state index in [9.17, 15) is 0 Å². The van der Waals surface area contributed by atoms with Crippen LogP contribution in [-0.2, 0) is 0 Å². The molecule has 2 heterocycles. The van der Waals surface area contributed by atoms with Crippen LogP contribution in [0.3, 0.4) is 0 Å². The highest BCUT2D eigenvalue weighted by Crippen LogP contribution is 2.58. The van der Waals surface area contributed by atoms with Gasteiger partial charge in [-0.3, -0.25) is 4.98 Å². The lowest BCUT2D eigenvalue weighted by atomic mass is 9.82. The van der Waals surface area contributed by atoms with Crippen molar-refractivity contribution >= 4 is 54.1 Å². The maximum atomic E-state index is 4.56. The lowest BCUT2D eigenvalue weighted by Gasteiger charge is -2.20. The third-order valence-electron chi connectivity index (χ3n) is 11.8. The smallest absolute Gasteiger partial charge is 0.0634 e. The van der Waals surface area contributed by atoms with Gasteiger partial charge in [0.2, 0.25) is 0 Å². The summed E-state index contributed by atoms with van der Waals surface area (Å²) in [5.41, 5.74) is 16.3. The van der Waals surface area contributed by atoms with Crippen LogP contribution in [0.5, 0.6) is 0 Å². The lowest BCUT2D eigenvalue weighted by Crippen LogP contribution is -1.94. The molecular weight excluding hydrogens is 665 g/mol. The Kier molecular flexibility index (Phi) is 6.37. The van der Waals surface area contributed by atoms with Crippen LogP contribution >= 0.6 is 0 Å². The van der Waals surface area contributed by atoms with Crippen LogP contribution in [0.2, 0.25) is 0 Å². The molecule has 0 radical (unpaired) electrons. The summed E-state index contributed by atoms with van der Waals surface area (Å²) >= 11 is 0. The molecule has 2 nitrogen and oxygen atoms in total. The minimum atomic E-state index is 1.14. The van der Waals surface area contributed by atoms with Gasteiger partial charge < -0.3 is 4.57 Å². The van der Waals surface area contributed by atoms with Crippen molar-refractivity contribution in [1.29, 1.82) is 0 Å². The fraction of sp³-hybridized carbons (Fsp3) is 0. The van der Waals surface area contributed by atoms with Crippen LogP contribution in [-0.4, -0.2) is 9.55 Å². The van der Waals surface area contributed by atoms with Crippen molar-refractivity contribution in [2.24, 2.45) is 0 Å². The summed E-state index contributed by atoms with van der Waals surface area (Å²) in [5, 5.41) is 9.95. The van der Waals surface area contributed by atoms with Gasteiger partial charge in [-0.2, -0.15) is 0 Å².